The molecule has 0 radical (unpaired) electrons. The van der Waals surface area contributed by atoms with E-state index >= 15 is 0 Å². The number of fused-ring (bicyclic) bond motifs is 1. The van der Waals surface area contributed by atoms with Gasteiger partial charge in [-0.15, -0.1) is 0 Å². The minimum atomic E-state index is -0.0634. The molecule has 1 atom stereocenters. The largest absolute Gasteiger partial charge is 0.508 e. The quantitative estimate of drug-likeness (QED) is 0.913. The molecule has 0 aliphatic carbocycles. The maximum Gasteiger partial charge on any atom is 0.256 e. The molecule has 0 bridgehead atoms. The summed E-state index contributed by atoms with van der Waals surface area (Å²) in [5.41, 5.74) is 2.56. The van der Waals surface area contributed by atoms with Crippen molar-refractivity contribution in [3.63, 3.8) is 0 Å². The Morgan fingerprint density at radius 3 is 2.55 bits per heavy atom. The van der Waals surface area contributed by atoms with E-state index in [2.05, 4.69) is 0 Å². The molecule has 1 aliphatic heterocycles. The van der Waals surface area contributed by atoms with Crippen LogP contribution in [0.5, 0.6) is 5.75 Å². The molecule has 1 N–H and O–H groups in total. The third-order valence-corrected chi connectivity index (χ3v) is 4.07. The second kappa shape index (κ2) is 4.84. The van der Waals surface area contributed by atoms with E-state index in [9.17, 15) is 9.90 Å². The molecule has 0 saturated heterocycles. The molecule has 0 aromatic heterocycles. The molecule has 1 heterocycles. The fraction of sp³-hybridized carbons (Fsp3) is 0.188. The molecule has 1 aliphatic rings. The summed E-state index contributed by atoms with van der Waals surface area (Å²) in [6.45, 7) is 2.54. The van der Waals surface area contributed by atoms with Crippen LogP contribution in [-0.2, 0) is 6.54 Å². The maximum absolute atomic E-state index is 12.5. The molecule has 0 saturated carbocycles. The molecule has 4 heteroatoms. The summed E-state index contributed by atoms with van der Waals surface area (Å²) >= 11 is 6.12. The van der Waals surface area contributed by atoms with Gasteiger partial charge in [0, 0.05) is 6.54 Å². The highest BCUT2D eigenvalue weighted by molar-refractivity contribution is 6.34. The molecule has 3 nitrogen and oxygen atoms in total. The van der Waals surface area contributed by atoms with Gasteiger partial charge in [0.2, 0.25) is 0 Å². The second-order valence-electron chi connectivity index (χ2n) is 4.97. The van der Waals surface area contributed by atoms with Crippen LogP contribution in [0.2, 0.25) is 5.02 Å². The predicted molar refractivity (Wildman–Crippen MR) is 77.8 cm³/mol. The molecule has 2 aromatic carbocycles. The van der Waals surface area contributed by atoms with Crippen LogP contribution in [0.3, 0.4) is 0 Å². The van der Waals surface area contributed by atoms with Crippen LogP contribution in [0.25, 0.3) is 0 Å². The van der Waals surface area contributed by atoms with Gasteiger partial charge in [-0.1, -0.05) is 35.9 Å². The molecule has 0 fully saturated rings. The summed E-state index contributed by atoms with van der Waals surface area (Å²) in [7, 11) is 0. The van der Waals surface area contributed by atoms with Crippen LogP contribution in [-0.4, -0.2) is 15.9 Å². The van der Waals surface area contributed by atoms with E-state index < -0.39 is 0 Å². The van der Waals surface area contributed by atoms with E-state index in [1.807, 2.05) is 31.2 Å². The van der Waals surface area contributed by atoms with Crippen LogP contribution in [0.1, 0.15) is 34.5 Å². The summed E-state index contributed by atoms with van der Waals surface area (Å²) < 4.78 is 0. The van der Waals surface area contributed by atoms with E-state index in [1.165, 1.54) is 0 Å². The van der Waals surface area contributed by atoms with Gasteiger partial charge in [0.05, 0.1) is 16.6 Å². The lowest BCUT2D eigenvalue weighted by Crippen LogP contribution is -2.27. The number of halogens is 1. The lowest BCUT2D eigenvalue weighted by molar-refractivity contribution is 0.0716. The van der Waals surface area contributed by atoms with Gasteiger partial charge >= 0.3 is 0 Å². The Morgan fingerprint density at radius 1 is 1.20 bits per heavy atom. The Labute approximate surface area is 122 Å². The van der Waals surface area contributed by atoms with Gasteiger partial charge in [-0.05, 0) is 36.2 Å². The third kappa shape index (κ3) is 2.04. The predicted octanol–water partition coefficient (Wildman–Crippen LogP) is 3.76. The number of phenols is 1. The molecule has 2 aromatic rings. The lowest BCUT2D eigenvalue weighted by atomic mass is 10.1. The molecule has 102 valence electrons. The standard InChI is InChI=1S/C16H14ClNO2/c1-10(11-5-7-13(19)8-6-11)18-9-12-3-2-4-14(17)15(12)16(18)20/h2-8,10,19H,9H2,1H3. The van der Waals surface area contributed by atoms with Gasteiger partial charge in [0.15, 0.2) is 0 Å². The Bertz CT molecular complexity index is 667. The zero-order valence-electron chi connectivity index (χ0n) is 11.0. The highest BCUT2D eigenvalue weighted by atomic mass is 35.5. The fourth-order valence-corrected chi connectivity index (χ4v) is 2.86. The summed E-state index contributed by atoms with van der Waals surface area (Å²) in [6, 6.07) is 12.4. The molecule has 1 amide bonds. The SMILES string of the molecule is CC(c1ccc(O)cc1)N1Cc2cccc(Cl)c2C1=O. The fourth-order valence-electron chi connectivity index (χ4n) is 2.58. The molecular weight excluding hydrogens is 274 g/mol. The average molecular weight is 288 g/mol. The Kier molecular flexibility index (Phi) is 3.14. The smallest absolute Gasteiger partial charge is 0.256 e. The van der Waals surface area contributed by atoms with Crippen molar-refractivity contribution in [3.8, 4) is 5.75 Å². The molecule has 3 rings (SSSR count). The van der Waals surface area contributed by atoms with Gasteiger partial charge in [0.25, 0.3) is 5.91 Å². The van der Waals surface area contributed by atoms with Crippen LogP contribution in [0.15, 0.2) is 42.5 Å². The van der Waals surface area contributed by atoms with Crippen molar-refractivity contribution in [1.82, 2.24) is 4.90 Å². The van der Waals surface area contributed by atoms with Gasteiger partial charge in [0.1, 0.15) is 5.75 Å². The topological polar surface area (TPSA) is 40.5 Å². The number of amides is 1. The number of carbonyl (C=O) groups is 1. The second-order valence-corrected chi connectivity index (χ2v) is 5.38. The molecular formula is C16H14ClNO2. The number of aromatic hydroxyl groups is 1. The first-order valence-corrected chi connectivity index (χ1v) is 6.83. The minimum absolute atomic E-state index is 0.0359. The van der Waals surface area contributed by atoms with Crippen molar-refractivity contribution in [2.75, 3.05) is 0 Å². The molecule has 20 heavy (non-hydrogen) atoms. The Balaban J connectivity index is 1.92. The zero-order chi connectivity index (χ0) is 14.3. The number of rotatable bonds is 2. The highest BCUT2D eigenvalue weighted by Crippen LogP contribution is 2.34. The first-order chi connectivity index (χ1) is 9.58. The maximum atomic E-state index is 12.5. The number of phenolic OH excluding ortho intramolecular Hbond substituents is 1. The van der Waals surface area contributed by atoms with E-state index in [-0.39, 0.29) is 17.7 Å². The summed E-state index contributed by atoms with van der Waals surface area (Å²) in [6.07, 6.45) is 0. The highest BCUT2D eigenvalue weighted by Gasteiger charge is 2.32. The van der Waals surface area contributed by atoms with Gasteiger partial charge in [-0.3, -0.25) is 4.79 Å². The Morgan fingerprint density at radius 2 is 1.90 bits per heavy atom. The van der Waals surface area contributed by atoms with Crippen molar-refractivity contribution < 1.29 is 9.90 Å². The van der Waals surface area contributed by atoms with Crippen molar-refractivity contribution in [3.05, 3.63) is 64.2 Å². The Hall–Kier alpha value is -2.00. The van der Waals surface area contributed by atoms with E-state index in [0.29, 0.717) is 17.1 Å². The first kappa shape index (κ1) is 13.0. The van der Waals surface area contributed by atoms with Crippen molar-refractivity contribution >= 4 is 17.5 Å². The number of hydrogen-bond acceptors (Lipinski definition) is 2. The third-order valence-electron chi connectivity index (χ3n) is 3.76. The number of hydrogen-bond donors (Lipinski definition) is 1. The summed E-state index contributed by atoms with van der Waals surface area (Å²) in [5, 5.41) is 9.84. The lowest BCUT2D eigenvalue weighted by Gasteiger charge is -2.24. The van der Waals surface area contributed by atoms with Crippen molar-refractivity contribution in [2.45, 2.75) is 19.5 Å². The summed E-state index contributed by atoms with van der Waals surface area (Å²) in [4.78, 5) is 14.3. The van der Waals surface area contributed by atoms with Crippen molar-refractivity contribution in [1.29, 1.82) is 0 Å². The molecule has 1 unspecified atom stereocenters. The van der Waals surface area contributed by atoms with E-state index in [1.54, 1.807) is 23.1 Å². The molecule has 0 spiro atoms. The van der Waals surface area contributed by atoms with E-state index in [4.69, 9.17) is 11.6 Å². The van der Waals surface area contributed by atoms with Gasteiger partial charge in [-0.2, -0.15) is 0 Å². The number of nitrogens with zero attached hydrogens (tertiary/aromatic N) is 1. The van der Waals surface area contributed by atoms with Crippen LogP contribution in [0, 0.1) is 0 Å². The first-order valence-electron chi connectivity index (χ1n) is 6.45. The average Bonchev–Trinajstić information content (AvgIpc) is 2.77. The number of carbonyl (C=O) groups excluding carboxylic acids is 1. The van der Waals surface area contributed by atoms with Gasteiger partial charge in [-0.25, -0.2) is 0 Å². The monoisotopic (exact) mass is 287 g/mol. The normalized spacial score (nSPS) is 15.3. The van der Waals surface area contributed by atoms with E-state index in [0.717, 1.165) is 11.1 Å². The van der Waals surface area contributed by atoms with Gasteiger partial charge < -0.3 is 10.0 Å². The van der Waals surface area contributed by atoms with Crippen molar-refractivity contribution in [2.24, 2.45) is 0 Å². The van der Waals surface area contributed by atoms with Crippen LogP contribution >= 0.6 is 11.6 Å². The zero-order valence-corrected chi connectivity index (χ0v) is 11.8. The van der Waals surface area contributed by atoms with Crippen LogP contribution < -0.4 is 0 Å². The number of benzene rings is 2. The van der Waals surface area contributed by atoms with Crippen LogP contribution in [0.4, 0.5) is 0 Å². The minimum Gasteiger partial charge on any atom is -0.508 e. The summed E-state index contributed by atoms with van der Waals surface area (Å²) in [5.74, 6) is 0.186.